The molecule has 0 spiro atoms. The number of benzene rings is 1. The number of rotatable bonds is 2. The average molecular weight is 229 g/mol. The quantitative estimate of drug-likeness (QED) is 0.858. The van der Waals surface area contributed by atoms with Gasteiger partial charge in [0.2, 0.25) is 5.95 Å². The van der Waals surface area contributed by atoms with Crippen molar-refractivity contribution < 1.29 is 0 Å². The molecule has 1 aromatic heterocycles. The average Bonchev–Trinajstić information content (AvgIpc) is 2.94. The summed E-state index contributed by atoms with van der Waals surface area (Å²) < 4.78 is 2.21. The van der Waals surface area contributed by atoms with Gasteiger partial charge in [-0.05, 0) is 37.8 Å². The number of hydrogen-bond acceptors (Lipinski definition) is 2. The number of imidazole rings is 1. The first-order valence-corrected chi connectivity index (χ1v) is 6.50. The van der Waals surface area contributed by atoms with Crippen LogP contribution in [-0.2, 0) is 0 Å². The minimum absolute atomic E-state index is 0.463. The summed E-state index contributed by atoms with van der Waals surface area (Å²) in [5.74, 6) is 1.42. The zero-order valence-electron chi connectivity index (χ0n) is 10.3. The molecule has 17 heavy (non-hydrogen) atoms. The van der Waals surface area contributed by atoms with Crippen LogP contribution in [0.1, 0.15) is 38.6 Å². The molecule has 90 valence electrons. The Kier molecular flexibility index (Phi) is 2.54. The van der Waals surface area contributed by atoms with Crippen LogP contribution in [0.2, 0.25) is 0 Å². The van der Waals surface area contributed by atoms with Gasteiger partial charge in [-0.1, -0.05) is 25.0 Å². The van der Waals surface area contributed by atoms with E-state index < -0.39 is 0 Å². The van der Waals surface area contributed by atoms with Crippen LogP contribution in [0.5, 0.6) is 0 Å². The Morgan fingerprint density at radius 3 is 2.76 bits per heavy atom. The second-order valence-electron chi connectivity index (χ2n) is 5.11. The van der Waals surface area contributed by atoms with E-state index in [0.29, 0.717) is 12.0 Å². The first-order chi connectivity index (χ1) is 8.27. The molecule has 1 aliphatic carbocycles. The molecule has 1 heterocycles. The second kappa shape index (κ2) is 4.06. The standard InChI is InChI=1S/C14H19N3/c1-10(11-6-2-3-7-11)17-13-9-5-4-8-12(13)16-14(17)15/h4-5,8-11H,2-3,6-7H2,1H3,(H2,15,16). The molecule has 3 nitrogen and oxygen atoms in total. The third-order valence-corrected chi connectivity index (χ3v) is 4.11. The van der Waals surface area contributed by atoms with E-state index in [2.05, 4.69) is 28.6 Å². The van der Waals surface area contributed by atoms with Gasteiger partial charge in [0.25, 0.3) is 0 Å². The topological polar surface area (TPSA) is 43.8 Å². The van der Waals surface area contributed by atoms with Crippen LogP contribution in [0.15, 0.2) is 24.3 Å². The van der Waals surface area contributed by atoms with E-state index in [1.165, 1.54) is 31.2 Å². The van der Waals surface area contributed by atoms with Gasteiger partial charge >= 0.3 is 0 Å². The van der Waals surface area contributed by atoms with Crippen LogP contribution in [0.25, 0.3) is 11.0 Å². The van der Waals surface area contributed by atoms with E-state index in [9.17, 15) is 0 Å². The van der Waals surface area contributed by atoms with Crippen molar-refractivity contribution in [2.75, 3.05) is 5.73 Å². The molecule has 1 saturated carbocycles. The van der Waals surface area contributed by atoms with E-state index >= 15 is 0 Å². The van der Waals surface area contributed by atoms with Crippen molar-refractivity contribution in [1.29, 1.82) is 0 Å². The molecule has 1 unspecified atom stereocenters. The summed E-state index contributed by atoms with van der Waals surface area (Å²) in [6.45, 7) is 2.28. The van der Waals surface area contributed by atoms with Gasteiger partial charge in [0.15, 0.2) is 0 Å². The Balaban J connectivity index is 2.06. The van der Waals surface area contributed by atoms with E-state index in [1.54, 1.807) is 0 Å². The first kappa shape index (κ1) is 10.6. The molecular weight excluding hydrogens is 210 g/mol. The van der Waals surface area contributed by atoms with Crippen molar-refractivity contribution in [1.82, 2.24) is 9.55 Å². The van der Waals surface area contributed by atoms with Gasteiger partial charge in [0.1, 0.15) is 0 Å². The highest BCUT2D eigenvalue weighted by Gasteiger charge is 2.25. The highest BCUT2D eigenvalue weighted by molar-refractivity contribution is 5.78. The summed E-state index contributed by atoms with van der Waals surface area (Å²) in [7, 11) is 0. The molecule has 0 amide bonds. The van der Waals surface area contributed by atoms with Crippen LogP contribution in [0.3, 0.4) is 0 Å². The molecule has 0 bridgehead atoms. The highest BCUT2D eigenvalue weighted by Crippen LogP contribution is 2.36. The van der Waals surface area contributed by atoms with Gasteiger partial charge in [-0.15, -0.1) is 0 Å². The lowest BCUT2D eigenvalue weighted by Crippen LogP contribution is -2.16. The fourth-order valence-electron chi connectivity index (χ4n) is 3.14. The minimum Gasteiger partial charge on any atom is -0.369 e. The van der Waals surface area contributed by atoms with Gasteiger partial charge in [0.05, 0.1) is 11.0 Å². The number of nitrogen functional groups attached to an aromatic ring is 1. The van der Waals surface area contributed by atoms with Crippen LogP contribution in [0, 0.1) is 5.92 Å². The Hall–Kier alpha value is -1.51. The monoisotopic (exact) mass is 229 g/mol. The third kappa shape index (κ3) is 1.70. The number of para-hydroxylation sites is 2. The molecule has 1 aromatic carbocycles. The molecule has 3 rings (SSSR count). The van der Waals surface area contributed by atoms with Crippen molar-refractivity contribution in [3.63, 3.8) is 0 Å². The van der Waals surface area contributed by atoms with Gasteiger partial charge < -0.3 is 10.3 Å². The molecule has 0 saturated heterocycles. The van der Waals surface area contributed by atoms with Crippen LogP contribution >= 0.6 is 0 Å². The Morgan fingerprint density at radius 1 is 1.29 bits per heavy atom. The summed E-state index contributed by atoms with van der Waals surface area (Å²) in [6, 6.07) is 8.68. The molecule has 0 aliphatic heterocycles. The molecule has 2 aromatic rings. The number of fused-ring (bicyclic) bond motifs is 1. The van der Waals surface area contributed by atoms with Crippen molar-refractivity contribution in [3.05, 3.63) is 24.3 Å². The zero-order chi connectivity index (χ0) is 11.8. The number of hydrogen-bond donors (Lipinski definition) is 1. The molecule has 1 fully saturated rings. The highest BCUT2D eigenvalue weighted by atomic mass is 15.2. The van der Waals surface area contributed by atoms with Crippen LogP contribution in [-0.4, -0.2) is 9.55 Å². The Bertz CT molecular complexity index is 523. The number of anilines is 1. The maximum Gasteiger partial charge on any atom is 0.201 e. The predicted molar refractivity (Wildman–Crippen MR) is 70.8 cm³/mol. The van der Waals surface area contributed by atoms with Gasteiger partial charge in [-0.3, -0.25) is 0 Å². The zero-order valence-corrected chi connectivity index (χ0v) is 10.3. The summed E-state index contributed by atoms with van der Waals surface area (Å²) >= 11 is 0. The maximum atomic E-state index is 6.07. The fraction of sp³-hybridized carbons (Fsp3) is 0.500. The van der Waals surface area contributed by atoms with Crippen molar-refractivity contribution >= 4 is 17.0 Å². The molecular formula is C14H19N3. The summed E-state index contributed by atoms with van der Waals surface area (Å²) in [5.41, 5.74) is 8.25. The SMILES string of the molecule is CC(C1CCCC1)n1c(N)nc2ccccc21. The second-order valence-corrected chi connectivity index (χ2v) is 5.11. The van der Waals surface area contributed by atoms with Crippen molar-refractivity contribution in [2.24, 2.45) is 5.92 Å². The lowest BCUT2D eigenvalue weighted by molar-refractivity contribution is 0.371. The van der Waals surface area contributed by atoms with Crippen LogP contribution < -0.4 is 5.73 Å². The normalized spacial score (nSPS) is 18.9. The Labute approximate surface area is 102 Å². The largest absolute Gasteiger partial charge is 0.369 e. The maximum absolute atomic E-state index is 6.07. The predicted octanol–water partition coefficient (Wildman–Crippen LogP) is 3.37. The number of aromatic nitrogens is 2. The number of nitrogens with zero attached hydrogens (tertiary/aromatic N) is 2. The van der Waals surface area contributed by atoms with E-state index in [-0.39, 0.29) is 0 Å². The summed E-state index contributed by atoms with van der Waals surface area (Å²) in [6.07, 6.45) is 5.38. The van der Waals surface area contributed by atoms with E-state index in [1.807, 2.05) is 12.1 Å². The summed E-state index contributed by atoms with van der Waals surface area (Å²) in [5, 5.41) is 0. The van der Waals surface area contributed by atoms with Crippen molar-refractivity contribution in [2.45, 2.75) is 38.6 Å². The number of nitrogens with two attached hydrogens (primary N) is 1. The van der Waals surface area contributed by atoms with Crippen molar-refractivity contribution in [3.8, 4) is 0 Å². The third-order valence-electron chi connectivity index (χ3n) is 4.11. The van der Waals surface area contributed by atoms with Gasteiger partial charge in [-0.2, -0.15) is 0 Å². The first-order valence-electron chi connectivity index (χ1n) is 6.50. The molecule has 0 radical (unpaired) electrons. The fourth-order valence-corrected chi connectivity index (χ4v) is 3.14. The molecule has 2 N–H and O–H groups in total. The Morgan fingerprint density at radius 2 is 2.00 bits per heavy atom. The lowest BCUT2D eigenvalue weighted by atomic mass is 9.99. The van der Waals surface area contributed by atoms with Gasteiger partial charge in [-0.25, -0.2) is 4.98 Å². The molecule has 1 atom stereocenters. The summed E-state index contributed by atoms with van der Waals surface area (Å²) in [4.78, 5) is 4.45. The van der Waals surface area contributed by atoms with Crippen LogP contribution in [0.4, 0.5) is 5.95 Å². The lowest BCUT2D eigenvalue weighted by Gasteiger charge is -2.22. The van der Waals surface area contributed by atoms with E-state index in [0.717, 1.165) is 11.4 Å². The van der Waals surface area contributed by atoms with Gasteiger partial charge in [0, 0.05) is 6.04 Å². The molecule has 3 heteroatoms. The smallest absolute Gasteiger partial charge is 0.201 e. The van der Waals surface area contributed by atoms with E-state index in [4.69, 9.17) is 5.73 Å². The minimum atomic E-state index is 0.463. The molecule has 1 aliphatic rings.